The number of benzene rings is 1. The lowest BCUT2D eigenvalue weighted by atomic mass is 10.1. The van der Waals surface area contributed by atoms with Gasteiger partial charge in [0.15, 0.2) is 0 Å². The average Bonchev–Trinajstić information content (AvgIpc) is 2.24. The molecule has 0 radical (unpaired) electrons. The summed E-state index contributed by atoms with van der Waals surface area (Å²) in [5.74, 6) is -0.231. The van der Waals surface area contributed by atoms with Crippen molar-refractivity contribution in [2.24, 2.45) is 5.73 Å². The zero-order valence-electron chi connectivity index (χ0n) is 10.3. The van der Waals surface area contributed by atoms with Crippen molar-refractivity contribution >= 4 is 24.0 Å². The van der Waals surface area contributed by atoms with Crippen molar-refractivity contribution in [3.63, 3.8) is 0 Å². The molecular weight excluding hydrogens is 240 g/mol. The summed E-state index contributed by atoms with van der Waals surface area (Å²) >= 11 is 0. The van der Waals surface area contributed by atoms with E-state index in [0.29, 0.717) is 0 Å². The van der Waals surface area contributed by atoms with E-state index in [4.69, 9.17) is 10.5 Å². The maximum atomic E-state index is 11.6. The number of carbonyl (C=O) groups excluding carboxylic acids is 1. The minimum atomic E-state index is -0.633. The highest BCUT2D eigenvalue weighted by atomic mass is 35.5. The third kappa shape index (κ3) is 4.73. The van der Waals surface area contributed by atoms with Crippen LogP contribution in [0.15, 0.2) is 18.2 Å². The van der Waals surface area contributed by atoms with Gasteiger partial charge < -0.3 is 15.8 Å². The lowest BCUT2D eigenvalue weighted by Gasteiger charge is -2.12. The molecule has 1 atom stereocenters. The molecule has 1 aromatic carbocycles. The number of amides is 1. The molecule has 0 heterocycles. The molecule has 0 saturated carbocycles. The van der Waals surface area contributed by atoms with E-state index in [1.54, 1.807) is 0 Å². The molecule has 17 heavy (non-hydrogen) atoms. The zero-order valence-corrected chi connectivity index (χ0v) is 11.1. The van der Waals surface area contributed by atoms with Gasteiger partial charge in [0.05, 0.1) is 6.61 Å². The van der Waals surface area contributed by atoms with Crippen LogP contribution in [-0.2, 0) is 9.53 Å². The lowest BCUT2D eigenvalue weighted by Crippen LogP contribution is -2.39. The number of ether oxygens (including phenoxy) is 1. The fourth-order valence-electron chi connectivity index (χ4n) is 1.31. The van der Waals surface area contributed by atoms with Gasteiger partial charge in [0.25, 0.3) is 0 Å². The van der Waals surface area contributed by atoms with E-state index in [1.807, 2.05) is 32.0 Å². The summed E-state index contributed by atoms with van der Waals surface area (Å²) in [4.78, 5) is 11.6. The van der Waals surface area contributed by atoms with E-state index in [-0.39, 0.29) is 24.9 Å². The lowest BCUT2D eigenvalue weighted by molar-refractivity contribution is -0.118. The van der Waals surface area contributed by atoms with Gasteiger partial charge in [-0.1, -0.05) is 6.07 Å². The summed E-state index contributed by atoms with van der Waals surface area (Å²) in [5.41, 5.74) is 8.70. The Labute approximate surface area is 108 Å². The van der Waals surface area contributed by atoms with Gasteiger partial charge in [-0.25, -0.2) is 0 Å². The molecule has 1 rings (SSSR count). The first-order valence-corrected chi connectivity index (χ1v) is 5.17. The van der Waals surface area contributed by atoms with Crippen LogP contribution in [-0.4, -0.2) is 25.7 Å². The van der Waals surface area contributed by atoms with Crippen LogP contribution in [0.3, 0.4) is 0 Å². The summed E-state index contributed by atoms with van der Waals surface area (Å²) in [6.07, 6.45) is 0. The van der Waals surface area contributed by atoms with Crippen LogP contribution in [0, 0.1) is 13.8 Å². The van der Waals surface area contributed by atoms with Crippen LogP contribution in [0.25, 0.3) is 0 Å². The Morgan fingerprint density at radius 1 is 1.41 bits per heavy atom. The molecule has 0 spiro atoms. The molecule has 0 saturated heterocycles. The van der Waals surface area contributed by atoms with Gasteiger partial charge in [-0.2, -0.15) is 0 Å². The van der Waals surface area contributed by atoms with Crippen molar-refractivity contribution in [3.05, 3.63) is 29.3 Å². The molecule has 0 aromatic heterocycles. The number of aryl methyl sites for hydroxylation is 2. The van der Waals surface area contributed by atoms with Crippen molar-refractivity contribution in [2.75, 3.05) is 19.0 Å². The van der Waals surface area contributed by atoms with Crippen molar-refractivity contribution < 1.29 is 9.53 Å². The molecular formula is C12H19ClN2O2. The van der Waals surface area contributed by atoms with Gasteiger partial charge in [0, 0.05) is 12.8 Å². The number of anilines is 1. The molecule has 0 aliphatic heterocycles. The predicted octanol–water partition coefficient (Wildman–Crippen LogP) is 1.64. The number of hydrogen-bond donors (Lipinski definition) is 2. The van der Waals surface area contributed by atoms with E-state index in [1.165, 1.54) is 12.7 Å². The Bertz CT molecular complexity index is 383. The fourth-order valence-corrected chi connectivity index (χ4v) is 1.31. The fraction of sp³-hybridized carbons (Fsp3) is 0.417. The van der Waals surface area contributed by atoms with Crippen molar-refractivity contribution in [1.29, 1.82) is 0 Å². The van der Waals surface area contributed by atoms with Gasteiger partial charge in [-0.15, -0.1) is 12.4 Å². The van der Waals surface area contributed by atoms with Crippen LogP contribution >= 0.6 is 12.4 Å². The van der Waals surface area contributed by atoms with Gasteiger partial charge in [-0.3, -0.25) is 4.79 Å². The molecule has 1 amide bonds. The summed E-state index contributed by atoms with van der Waals surface area (Å²) in [5, 5.41) is 2.75. The largest absolute Gasteiger partial charge is 0.383 e. The Balaban J connectivity index is 0.00000256. The second kappa shape index (κ2) is 7.27. The second-order valence-corrected chi connectivity index (χ2v) is 3.85. The van der Waals surface area contributed by atoms with Crippen molar-refractivity contribution in [1.82, 2.24) is 0 Å². The number of methoxy groups -OCH3 is 1. The highest BCUT2D eigenvalue weighted by molar-refractivity contribution is 5.94. The Morgan fingerprint density at radius 2 is 2.06 bits per heavy atom. The Kier molecular flexibility index (Phi) is 6.80. The average molecular weight is 259 g/mol. The SMILES string of the molecule is COCC(N)C(=O)Nc1ccc(C)c(C)c1.Cl. The summed E-state index contributed by atoms with van der Waals surface area (Å²) in [7, 11) is 1.52. The first-order chi connectivity index (χ1) is 7.54. The molecule has 1 unspecified atom stereocenters. The van der Waals surface area contributed by atoms with Gasteiger partial charge >= 0.3 is 0 Å². The smallest absolute Gasteiger partial charge is 0.243 e. The standard InChI is InChI=1S/C12H18N2O2.ClH/c1-8-4-5-10(6-9(8)2)14-12(15)11(13)7-16-3;/h4-6,11H,7,13H2,1-3H3,(H,14,15);1H. The van der Waals surface area contributed by atoms with E-state index in [9.17, 15) is 4.79 Å². The number of nitrogens with two attached hydrogens (primary N) is 1. The van der Waals surface area contributed by atoms with E-state index in [0.717, 1.165) is 11.3 Å². The number of halogens is 1. The van der Waals surface area contributed by atoms with E-state index < -0.39 is 6.04 Å². The molecule has 0 bridgehead atoms. The topological polar surface area (TPSA) is 64.3 Å². The first kappa shape index (κ1) is 15.9. The minimum Gasteiger partial charge on any atom is -0.383 e. The summed E-state index contributed by atoms with van der Waals surface area (Å²) < 4.78 is 4.82. The molecule has 0 aliphatic carbocycles. The maximum Gasteiger partial charge on any atom is 0.243 e. The third-order valence-electron chi connectivity index (χ3n) is 2.46. The highest BCUT2D eigenvalue weighted by Crippen LogP contribution is 2.14. The van der Waals surface area contributed by atoms with Crippen molar-refractivity contribution in [2.45, 2.75) is 19.9 Å². The Morgan fingerprint density at radius 3 is 2.59 bits per heavy atom. The Hall–Kier alpha value is -1.10. The second-order valence-electron chi connectivity index (χ2n) is 3.85. The molecule has 1 aromatic rings. The minimum absolute atomic E-state index is 0. The first-order valence-electron chi connectivity index (χ1n) is 5.17. The molecule has 3 N–H and O–H groups in total. The maximum absolute atomic E-state index is 11.6. The number of carbonyl (C=O) groups is 1. The van der Waals surface area contributed by atoms with Gasteiger partial charge in [0.1, 0.15) is 6.04 Å². The zero-order chi connectivity index (χ0) is 12.1. The van der Waals surface area contributed by atoms with Crippen molar-refractivity contribution in [3.8, 4) is 0 Å². The molecule has 4 nitrogen and oxygen atoms in total. The van der Waals surface area contributed by atoms with Crippen LogP contribution in [0.5, 0.6) is 0 Å². The quantitative estimate of drug-likeness (QED) is 0.863. The monoisotopic (exact) mass is 258 g/mol. The number of rotatable bonds is 4. The molecule has 5 heteroatoms. The number of hydrogen-bond acceptors (Lipinski definition) is 3. The summed E-state index contributed by atoms with van der Waals surface area (Å²) in [6, 6.07) is 5.12. The third-order valence-corrected chi connectivity index (χ3v) is 2.46. The predicted molar refractivity (Wildman–Crippen MR) is 71.6 cm³/mol. The molecule has 0 aliphatic rings. The van der Waals surface area contributed by atoms with Crippen LogP contribution in [0.2, 0.25) is 0 Å². The van der Waals surface area contributed by atoms with Crippen LogP contribution in [0.1, 0.15) is 11.1 Å². The van der Waals surface area contributed by atoms with E-state index in [2.05, 4.69) is 5.32 Å². The van der Waals surface area contributed by atoms with Crippen LogP contribution < -0.4 is 11.1 Å². The van der Waals surface area contributed by atoms with Crippen LogP contribution in [0.4, 0.5) is 5.69 Å². The van der Waals surface area contributed by atoms with Gasteiger partial charge in [-0.05, 0) is 37.1 Å². The van der Waals surface area contributed by atoms with E-state index >= 15 is 0 Å². The normalized spacial score (nSPS) is 11.5. The molecule has 0 fully saturated rings. The van der Waals surface area contributed by atoms with Gasteiger partial charge in [0.2, 0.25) is 5.91 Å². The highest BCUT2D eigenvalue weighted by Gasteiger charge is 2.12. The summed E-state index contributed by atoms with van der Waals surface area (Å²) in [6.45, 7) is 4.24. The number of nitrogens with one attached hydrogen (secondary N) is 1. The molecule has 96 valence electrons.